The second-order valence-corrected chi connectivity index (χ2v) is 7.01. The van der Waals surface area contributed by atoms with Crippen LogP contribution in [0.5, 0.6) is 5.75 Å². The Bertz CT molecular complexity index is 1180. The standard InChI is InChI=1S/C23H20N4OS/c1-17-10-12-20(13-11-17)22-25-26-23(29)27(22)24-15-19-8-5-9-21(14-19)28-16-18-6-3-2-4-7-18/h2-15H,16H2,1H3,(H,26,29)/b24-15-. The zero-order chi connectivity index (χ0) is 20.1. The number of nitrogens with zero attached hydrogens (tertiary/aromatic N) is 3. The average Bonchev–Trinajstić information content (AvgIpc) is 3.13. The van der Waals surface area contributed by atoms with E-state index in [9.17, 15) is 0 Å². The molecule has 0 unspecified atom stereocenters. The average molecular weight is 401 g/mol. The van der Waals surface area contributed by atoms with E-state index in [0.29, 0.717) is 17.2 Å². The monoisotopic (exact) mass is 400 g/mol. The van der Waals surface area contributed by atoms with E-state index in [0.717, 1.165) is 22.4 Å². The van der Waals surface area contributed by atoms with E-state index in [4.69, 9.17) is 17.0 Å². The Morgan fingerprint density at radius 1 is 1.03 bits per heavy atom. The minimum atomic E-state index is 0.438. The predicted molar refractivity (Wildman–Crippen MR) is 118 cm³/mol. The van der Waals surface area contributed by atoms with Gasteiger partial charge in [0.2, 0.25) is 4.77 Å². The van der Waals surface area contributed by atoms with Gasteiger partial charge in [-0.3, -0.25) is 0 Å². The van der Waals surface area contributed by atoms with Gasteiger partial charge in [0.05, 0.1) is 6.21 Å². The third kappa shape index (κ3) is 4.67. The summed E-state index contributed by atoms with van der Waals surface area (Å²) < 4.78 is 7.95. The Balaban J connectivity index is 1.53. The van der Waals surface area contributed by atoms with Crippen LogP contribution in [0.25, 0.3) is 11.4 Å². The second kappa shape index (κ2) is 8.67. The molecule has 0 fully saturated rings. The van der Waals surface area contributed by atoms with E-state index in [-0.39, 0.29) is 0 Å². The van der Waals surface area contributed by atoms with Crippen LogP contribution in [-0.2, 0) is 6.61 Å². The molecule has 0 spiro atoms. The molecule has 4 rings (SSSR count). The zero-order valence-electron chi connectivity index (χ0n) is 15.9. The van der Waals surface area contributed by atoms with Gasteiger partial charge in [0, 0.05) is 5.56 Å². The first kappa shape index (κ1) is 18.8. The molecule has 4 aromatic rings. The lowest BCUT2D eigenvalue weighted by atomic mass is 10.1. The Kier molecular flexibility index (Phi) is 5.63. The predicted octanol–water partition coefficient (Wildman–Crippen LogP) is 5.38. The molecule has 3 aromatic carbocycles. The fraction of sp³-hybridized carbons (Fsp3) is 0.0870. The summed E-state index contributed by atoms with van der Waals surface area (Å²) in [6.07, 6.45) is 1.75. The molecule has 1 N–H and O–H groups in total. The number of nitrogens with one attached hydrogen (secondary N) is 1. The quantitative estimate of drug-likeness (QED) is 0.349. The summed E-state index contributed by atoms with van der Waals surface area (Å²) in [6, 6.07) is 25.9. The minimum absolute atomic E-state index is 0.438. The van der Waals surface area contributed by atoms with E-state index >= 15 is 0 Å². The van der Waals surface area contributed by atoms with Crippen molar-refractivity contribution >= 4 is 18.4 Å². The summed E-state index contributed by atoms with van der Waals surface area (Å²) >= 11 is 5.34. The van der Waals surface area contributed by atoms with Crippen LogP contribution in [0.1, 0.15) is 16.7 Å². The van der Waals surface area contributed by atoms with Gasteiger partial charge in [-0.05, 0) is 42.4 Å². The molecule has 1 heterocycles. The van der Waals surface area contributed by atoms with Crippen LogP contribution in [0.4, 0.5) is 0 Å². The number of benzene rings is 3. The van der Waals surface area contributed by atoms with E-state index < -0.39 is 0 Å². The molecule has 0 saturated heterocycles. The molecular formula is C23H20N4OS. The van der Waals surface area contributed by atoms with Crippen molar-refractivity contribution in [2.75, 3.05) is 0 Å². The van der Waals surface area contributed by atoms with Crippen molar-refractivity contribution in [1.29, 1.82) is 0 Å². The van der Waals surface area contributed by atoms with Gasteiger partial charge >= 0.3 is 0 Å². The second-order valence-electron chi connectivity index (χ2n) is 6.62. The minimum Gasteiger partial charge on any atom is -0.489 e. The van der Waals surface area contributed by atoms with E-state index in [1.165, 1.54) is 5.56 Å². The number of rotatable bonds is 6. The summed E-state index contributed by atoms with van der Waals surface area (Å²) in [6.45, 7) is 2.57. The third-order valence-electron chi connectivity index (χ3n) is 4.39. The molecule has 0 saturated carbocycles. The van der Waals surface area contributed by atoms with Crippen LogP contribution in [0.2, 0.25) is 0 Å². The molecule has 6 heteroatoms. The van der Waals surface area contributed by atoms with Gasteiger partial charge in [-0.25, -0.2) is 5.10 Å². The van der Waals surface area contributed by atoms with Crippen LogP contribution >= 0.6 is 12.2 Å². The van der Waals surface area contributed by atoms with Crippen molar-refractivity contribution in [2.24, 2.45) is 5.10 Å². The maximum absolute atomic E-state index is 5.89. The first-order valence-electron chi connectivity index (χ1n) is 9.25. The van der Waals surface area contributed by atoms with Crippen molar-refractivity contribution < 1.29 is 4.74 Å². The number of ether oxygens (including phenoxy) is 1. The topological polar surface area (TPSA) is 55.2 Å². The fourth-order valence-electron chi connectivity index (χ4n) is 2.84. The molecule has 144 valence electrons. The lowest BCUT2D eigenvalue weighted by molar-refractivity contribution is 0.306. The van der Waals surface area contributed by atoms with Crippen molar-refractivity contribution in [1.82, 2.24) is 14.9 Å². The molecule has 1 aromatic heterocycles. The number of hydrogen-bond donors (Lipinski definition) is 1. The number of aromatic amines is 1. The SMILES string of the molecule is Cc1ccc(-c2n[nH]c(=S)n2/N=C\c2cccc(OCc3ccccc3)c2)cc1. The largest absolute Gasteiger partial charge is 0.489 e. The molecule has 0 radical (unpaired) electrons. The Morgan fingerprint density at radius 2 is 1.83 bits per heavy atom. The number of hydrogen-bond acceptors (Lipinski definition) is 4. The molecule has 0 amide bonds. The molecule has 0 aliphatic carbocycles. The van der Waals surface area contributed by atoms with Gasteiger partial charge < -0.3 is 4.74 Å². The molecule has 0 bridgehead atoms. The van der Waals surface area contributed by atoms with Crippen LogP contribution in [0.15, 0.2) is 84.0 Å². The maximum Gasteiger partial charge on any atom is 0.216 e. The van der Waals surface area contributed by atoms with Gasteiger partial charge in [-0.1, -0.05) is 72.3 Å². The van der Waals surface area contributed by atoms with E-state index in [1.807, 2.05) is 85.8 Å². The van der Waals surface area contributed by atoms with Crippen molar-refractivity contribution in [3.8, 4) is 17.1 Å². The summed E-state index contributed by atoms with van der Waals surface area (Å²) in [4.78, 5) is 0. The molecule has 5 nitrogen and oxygen atoms in total. The van der Waals surface area contributed by atoms with Crippen molar-refractivity contribution in [3.05, 3.63) is 100 Å². The molecule has 0 atom stereocenters. The van der Waals surface area contributed by atoms with Crippen LogP contribution in [0.3, 0.4) is 0 Å². The molecule has 29 heavy (non-hydrogen) atoms. The Hall–Kier alpha value is -3.51. The van der Waals surface area contributed by atoms with Gasteiger partial charge in [-0.15, -0.1) is 0 Å². The number of aryl methyl sites for hydroxylation is 1. The van der Waals surface area contributed by atoms with Crippen LogP contribution < -0.4 is 4.74 Å². The highest BCUT2D eigenvalue weighted by atomic mass is 32.1. The Labute approximate surface area is 174 Å². The molecular weight excluding hydrogens is 380 g/mol. The summed E-state index contributed by atoms with van der Waals surface area (Å²) in [5.41, 5.74) is 4.16. The number of H-pyrrole nitrogens is 1. The van der Waals surface area contributed by atoms with Gasteiger partial charge in [0.15, 0.2) is 5.82 Å². The fourth-order valence-corrected chi connectivity index (χ4v) is 3.02. The zero-order valence-corrected chi connectivity index (χ0v) is 16.8. The highest BCUT2D eigenvalue weighted by Crippen LogP contribution is 2.18. The van der Waals surface area contributed by atoms with Gasteiger partial charge in [-0.2, -0.15) is 14.9 Å². The number of aromatic nitrogens is 3. The summed E-state index contributed by atoms with van der Waals surface area (Å²) in [7, 11) is 0. The summed E-state index contributed by atoms with van der Waals surface area (Å²) in [5, 5.41) is 11.7. The van der Waals surface area contributed by atoms with E-state index in [1.54, 1.807) is 10.9 Å². The maximum atomic E-state index is 5.89. The van der Waals surface area contributed by atoms with Crippen molar-refractivity contribution in [3.63, 3.8) is 0 Å². The van der Waals surface area contributed by atoms with Gasteiger partial charge in [0.1, 0.15) is 12.4 Å². The van der Waals surface area contributed by atoms with Gasteiger partial charge in [0.25, 0.3) is 0 Å². The smallest absolute Gasteiger partial charge is 0.216 e. The first-order chi connectivity index (χ1) is 14.2. The third-order valence-corrected chi connectivity index (χ3v) is 4.65. The molecule has 0 aliphatic rings. The molecule has 0 aliphatic heterocycles. The normalized spacial score (nSPS) is 11.1. The summed E-state index contributed by atoms with van der Waals surface area (Å²) in [5.74, 6) is 1.45. The Morgan fingerprint density at radius 3 is 2.62 bits per heavy atom. The highest BCUT2D eigenvalue weighted by Gasteiger charge is 2.07. The van der Waals surface area contributed by atoms with Crippen LogP contribution in [0, 0.1) is 11.7 Å². The lowest BCUT2D eigenvalue weighted by Gasteiger charge is -2.07. The first-order valence-corrected chi connectivity index (χ1v) is 9.65. The lowest BCUT2D eigenvalue weighted by Crippen LogP contribution is -1.97. The van der Waals surface area contributed by atoms with Crippen molar-refractivity contribution in [2.45, 2.75) is 13.5 Å². The van der Waals surface area contributed by atoms with Crippen LogP contribution in [-0.4, -0.2) is 21.1 Å². The highest BCUT2D eigenvalue weighted by molar-refractivity contribution is 7.71. The van der Waals surface area contributed by atoms with E-state index in [2.05, 4.69) is 15.3 Å².